The zero-order chi connectivity index (χ0) is 8.39. The Bertz CT molecular complexity index is 313. The van der Waals surface area contributed by atoms with E-state index in [1.54, 1.807) is 0 Å². The number of benzene rings is 1. The van der Waals surface area contributed by atoms with Crippen molar-refractivity contribution in [3.8, 4) is 5.75 Å². The Morgan fingerprint density at radius 2 is 2.17 bits per heavy atom. The summed E-state index contributed by atoms with van der Waals surface area (Å²) < 4.78 is 5.64. The summed E-state index contributed by atoms with van der Waals surface area (Å²) in [4.78, 5) is 0. The number of ether oxygens (including phenoxy) is 1. The van der Waals surface area contributed by atoms with Crippen molar-refractivity contribution in [1.82, 2.24) is 0 Å². The van der Waals surface area contributed by atoms with Crippen LogP contribution in [0, 0.1) is 0 Å². The van der Waals surface area contributed by atoms with Gasteiger partial charge in [0.05, 0.1) is 0 Å². The molecule has 2 rings (SSSR count). The molecule has 1 aromatic rings. The van der Waals surface area contributed by atoms with Crippen molar-refractivity contribution in [2.24, 2.45) is 0 Å². The largest absolute Gasteiger partial charge is 0.462 e. The van der Waals surface area contributed by atoms with Gasteiger partial charge in [0, 0.05) is 6.42 Å². The third-order valence-corrected chi connectivity index (χ3v) is 2.11. The minimum absolute atomic E-state index is 0.980. The lowest BCUT2D eigenvalue weighted by molar-refractivity contribution is 0.394. The maximum Gasteiger partial charge on any atom is 0.130 e. The van der Waals surface area contributed by atoms with Crippen LogP contribution in [0.3, 0.4) is 0 Å². The summed E-state index contributed by atoms with van der Waals surface area (Å²) in [6.07, 6.45) is 4.15. The summed E-state index contributed by atoms with van der Waals surface area (Å²) >= 11 is 0. The molecule has 0 N–H and O–H groups in total. The Morgan fingerprint density at radius 1 is 1.33 bits per heavy atom. The second-order valence-electron chi connectivity index (χ2n) is 2.94. The SMILES string of the molecule is CCC1=CCc2ccccc2O1. The van der Waals surface area contributed by atoms with E-state index < -0.39 is 0 Å². The molecule has 0 bridgehead atoms. The Morgan fingerprint density at radius 3 is 3.00 bits per heavy atom. The summed E-state index contributed by atoms with van der Waals surface area (Å²) in [5.74, 6) is 2.12. The van der Waals surface area contributed by atoms with E-state index in [0.29, 0.717) is 0 Å². The maximum atomic E-state index is 5.64. The van der Waals surface area contributed by atoms with E-state index in [2.05, 4.69) is 19.1 Å². The fourth-order valence-electron chi connectivity index (χ4n) is 1.40. The standard InChI is InChI=1S/C11H12O/c1-2-10-8-7-9-5-3-4-6-11(9)12-10/h3-6,8H,2,7H2,1H3. The van der Waals surface area contributed by atoms with Gasteiger partial charge in [0.25, 0.3) is 0 Å². The summed E-state index contributed by atoms with van der Waals surface area (Å²) in [7, 11) is 0. The fourth-order valence-corrected chi connectivity index (χ4v) is 1.40. The van der Waals surface area contributed by atoms with Crippen molar-refractivity contribution in [2.75, 3.05) is 0 Å². The van der Waals surface area contributed by atoms with E-state index in [0.717, 1.165) is 24.4 Å². The van der Waals surface area contributed by atoms with E-state index in [-0.39, 0.29) is 0 Å². The second kappa shape index (κ2) is 3.02. The monoisotopic (exact) mass is 160 g/mol. The predicted molar refractivity (Wildman–Crippen MR) is 49.1 cm³/mol. The van der Waals surface area contributed by atoms with Gasteiger partial charge in [-0.2, -0.15) is 0 Å². The number of hydrogen-bond acceptors (Lipinski definition) is 1. The van der Waals surface area contributed by atoms with E-state index in [1.165, 1.54) is 5.56 Å². The molecule has 0 radical (unpaired) electrons. The average molecular weight is 160 g/mol. The molecule has 0 atom stereocenters. The summed E-state index contributed by atoms with van der Waals surface area (Å²) in [5.41, 5.74) is 1.29. The predicted octanol–water partition coefficient (Wildman–Crippen LogP) is 2.92. The van der Waals surface area contributed by atoms with Crippen LogP contribution in [0.2, 0.25) is 0 Å². The van der Waals surface area contributed by atoms with Gasteiger partial charge in [0.15, 0.2) is 0 Å². The van der Waals surface area contributed by atoms with Crippen LogP contribution < -0.4 is 4.74 Å². The van der Waals surface area contributed by atoms with Crippen molar-refractivity contribution in [1.29, 1.82) is 0 Å². The average Bonchev–Trinajstić information content (AvgIpc) is 2.17. The van der Waals surface area contributed by atoms with Crippen molar-refractivity contribution in [3.05, 3.63) is 41.7 Å². The van der Waals surface area contributed by atoms with Crippen molar-refractivity contribution >= 4 is 0 Å². The molecule has 12 heavy (non-hydrogen) atoms. The molecule has 0 amide bonds. The van der Waals surface area contributed by atoms with Crippen LogP contribution in [-0.2, 0) is 6.42 Å². The highest BCUT2D eigenvalue weighted by atomic mass is 16.5. The number of para-hydroxylation sites is 1. The van der Waals surface area contributed by atoms with Crippen molar-refractivity contribution in [3.63, 3.8) is 0 Å². The smallest absolute Gasteiger partial charge is 0.130 e. The lowest BCUT2D eigenvalue weighted by Crippen LogP contribution is -2.03. The van der Waals surface area contributed by atoms with Gasteiger partial charge in [-0.1, -0.05) is 25.1 Å². The van der Waals surface area contributed by atoms with Gasteiger partial charge in [-0.3, -0.25) is 0 Å². The quantitative estimate of drug-likeness (QED) is 0.613. The van der Waals surface area contributed by atoms with Crippen LogP contribution >= 0.6 is 0 Å². The first kappa shape index (κ1) is 7.41. The molecule has 0 spiro atoms. The first-order valence-electron chi connectivity index (χ1n) is 4.35. The first-order chi connectivity index (χ1) is 5.90. The lowest BCUT2D eigenvalue weighted by Gasteiger charge is -2.16. The minimum Gasteiger partial charge on any atom is -0.462 e. The minimum atomic E-state index is 0.980. The van der Waals surface area contributed by atoms with Gasteiger partial charge in [0.2, 0.25) is 0 Å². The van der Waals surface area contributed by atoms with Gasteiger partial charge in [-0.25, -0.2) is 0 Å². The maximum absolute atomic E-state index is 5.64. The molecule has 1 aromatic carbocycles. The van der Waals surface area contributed by atoms with E-state index >= 15 is 0 Å². The Kier molecular flexibility index (Phi) is 1.86. The number of allylic oxidation sites excluding steroid dienone is 2. The molecule has 0 saturated carbocycles. The van der Waals surface area contributed by atoms with E-state index in [9.17, 15) is 0 Å². The molecule has 1 heteroatoms. The number of fused-ring (bicyclic) bond motifs is 1. The molecular formula is C11H12O. The van der Waals surface area contributed by atoms with E-state index in [1.807, 2.05) is 18.2 Å². The fraction of sp³-hybridized carbons (Fsp3) is 0.273. The van der Waals surface area contributed by atoms with Crippen LogP contribution in [0.15, 0.2) is 36.1 Å². The van der Waals surface area contributed by atoms with Crippen LogP contribution in [0.1, 0.15) is 18.9 Å². The van der Waals surface area contributed by atoms with Crippen molar-refractivity contribution in [2.45, 2.75) is 19.8 Å². The number of hydrogen-bond donors (Lipinski definition) is 0. The normalized spacial score (nSPS) is 14.6. The van der Waals surface area contributed by atoms with Gasteiger partial charge < -0.3 is 4.74 Å². The Balaban J connectivity index is 2.31. The first-order valence-corrected chi connectivity index (χ1v) is 4.35. The third kappa shape index (κ3) is 1.22. The molecule has 0 aliphatic carbocycles. The van der Waals surface area contributed by atoms with Gasteiger partial charge in [0.1, 0.15) is 11.5 Å². The highest BCUT2D eigenvalue weighted by Gasteiger charge is 2.09. The topological polar surface area (TPSA) is 9.23 Å². The summed E-state index contributed by atoms with van der Waals surface area (Å²) in [6.45, 7) is 2.11. The second-order valence-corrected chi connectivity index (χ2v) is 2.94. The molecule has 1 aliphatic rings. The third-order valence-electron chi connectivity index (χ3n) is 2.11. The molecule has 0 aromatic heterocycles. The van der Waals surface area contributed by atoms with Crippen LogP contribution in [0.4, 0.5) is 0 Å². The molecule has 1 aliphatic heterocycles. The zero-order valence-electron chi connectivity index (χ0n) is 7.21. The molecule has 1 heterocycles. The van der Waals surface area contributed by atoms with Crippen LogP contribution in [-0.4, -0.2) is 0 Å². The zero-order valence-corrected chi connectivity index (χ0v) is 7.21. The van der Waals surface area contributed by atoms with E-state index in [4.69, 9.17) is 4.74 Å². The van der Waals surface area contributed by atoms with Crippen LogP contribution in [0.5, 0.6) is 5.75 Å². The van der Waals surface area contributed by atoms with Gasteiger partial charge in [-0.05, 0) is 24.1 Å². The lowest BCUT2D eigenvalue weighted by atomic mass is 10.1. The molecule has 1 nitrogen and oxygen atoms in total. The Labute approximate surface area is 72.7 Å². The van der Waals surface area contributed by atoms with Gasteiger partial charge >= 0.3 is 0 Å². The Hall–Kier alpha value is -1.24. The molecule has 0 unspecified atom stereocenters. The van der Waals surface area contributed by atoms with Crippen molar-refractivity contribution < 1.29 is 4.74 Å². The summed E-state index contributed by atoms with van der Waals surface area (Å²) in [5, 5.41) is 0. The highest BCUT2D eigenvalue weighted by molar-refractivity contribution is 5.38. The van der Waals surface area contributed by atoms with Crippen LogP contribution in [0.25, 0.3) is 0 Å². The highest BCUT2D eigenvalue weighted by Crippen LogP contribution is 2.26. The molecular weight excluding hydrogens is 148 g/mol. The molecule has 0 saturated heterocycles. The number of rotatable bonds is 1. The molecule has 0 fully saturated rings. The molecule has 62 valence electrons. The van der Waals surface area contributed by atoms with Gasteiger partial charge in [-0.15, -0.1) is 0 Å². The summed E-state index contributed by atoms with van der Waals surface area (Å²) in [6, 6.07) is 8.20.